The fraction of sp³-hybridized carbons (Fsp3) is 0.296. The van der Waals surface area contributed by atoms with E-state index in [0.717, 1.165) is 69.0 Å². The van der Waals surface area contributed by atoms with Gasteiger partial charge in [-0.05, 0) is 75.9 Å². The van der Waals surface area contributed by atoms with Gasteiger partial charge in [0.25, 0.3) is 0 Å². The Bertz CT molecular complexity index is 1520. The van der Waals surface area contributed by atoms with Crippen molar-refractivity contribution in [2.45, 2.75) is 46.3 Å². The monoisotopic (exact) mass is 467 g/mol. The smallest absolute Gasteiger partial charge is 0.139 e. The number of H-pyrrole nitrogens is 1. The average molecular weight is 468 g/mol. The van der Waals surface area contributed by atoms with Crippen LogP contribution in [-0.4, -0.2) is 34.4 Å². The van der Waals surface area contributed by atoms with Crippen molar-refractivity contribution in [3.63, 3.8) is 0 Å². The number of aromatic amines is 1. The molecule has 1 saturated carbocycles. The molecule has 178 valence electrons. The molecule has 0 amide bonds. The number of hydrogen-bond donors (Lipinski definition) is 3. The molecule has 0 saturated heterocycles. The van der Waals surface area contributed by atoms with E-state index in [1.807, 2.05) is 65.6 Å². The SMILES string of the molecule is Cc1ccc(Nc2ccc3c(c2)ncn3-c2ccc(C(C)O)c(-c3cn(CC4CC4)nc3C)n2)[nH]1. The van der Waals surface area contributed by atoms with Crippen molar-refractivity contribution >= 4 is 22.5 Å². The maximum absolute atomic E-state index is 10.5. The molecule has 4 heterocycles. The molecule has 4 aromatic heterocycles. The zero-order chi connectivity index (χ0) is 24.1. The van der Waals surface area contributed by atoms with Gasteiger partial charge in [0.15, 0.2) is 0 Å². The molecule has 5 aromatic rings. The first-order chi connectivity index (χ1) is 16.9. The van der Waals surface area contributed by atoms with Gasteiger partial charge < -0.3 is 15.4 Å². The summed E-state index contributed by atoms with van der Waals surface area (Å²) in [6, 6.07) is 14.0. The van der Waals surface area contributed by atoms with Gasteiger partial charge in [-0.3, -0.25) is 9.25 Å². The average Bonchev–Trinajstić information content (AvgIpc) is 3.21. The molecular formula is C27H29N7O. The largest absolute Gasteiger partial charge is 0.389 e. The van der Waals surface area contributed by atoms with Gasteiger partial charge in [0.1, 0.15) is 18.0 Å². The lowest BCUT2D eigenvalue weighted by Crippen LogP contribution is -2.03. The van der Waals surface area contributed by atoms with Gasteiger partial charge in [-0.15, -0.1) is 0 Å². The lowest BCUT2D eigenvalue weighted by Gasteiger charge is -2.13. The number of aliphatic hydroxyl groups is 1. The van der Waals surface area contributed by atoms with Crippen LogP contribution in [0.3, 0.4) is 0 Å². The first kappa shape index (κ1) is 21.6. The van der Waals surface area contributed by atoms with E-state index in [0.29, 0.717) is 0 Å². The predicted molar refractivity (Wildman–Crippen MR) is 137 cm³/mol. The van der Waals surface area contributed by atoms with Gasteiger partial charge in [-0.25, -0.2) is 9.97 Å². The van der Waals surface area contributed by atoms with Crippen LogP contribution in [0.4, 0.5) is 11.5 Å². The molecule has 3 N–H and O–H groups in total. The molecule has 0 radical (unpaired) electrons. The third-order valence-electron chi connectivity index (χ3n) is 6.61. The molecule has 1 aromatic carbocycles. The van der Waals surface area contributed by atoms with Gasteiger partial charge >= 0.3 is 0 Å². The van der Waals surface area contributed by atoms with E-state index >= 15 is 0 Å². The first-order valence-corrected chi connectivity index (χ1v) is 12.1. The van der Waals surface area contributed by atoms with Crippen LogP contribution < -0.4 is 5.32 Å². The Balaban J connectivity index is 1.37. The molecule has 1 unspecified atom stereocenters. The zero-order valence-electron chi connectivity index (χ0n) is 20.2. The lowest BCUT2D eigenvalue weighted by atomic mass is 10.0. The maximum Gasteiger partial charge on any atom is 0.139 e. The molecule has 8 nitrogen and oxygen atoms in total. The van der Waals surface area contributed by atoms with Gasteiger partial charge in [0, 0.05) is 35.2 Å². The number of fused-ring (bicyclic) bond motifs is 1. The number of nitrogens with one attached hydrogen (secondary N) is 2. The highest BCUT2D eigenvalue weighted by atomic mass is 16.3. The topological polar surface area (TPSA) is 96.6 Å². The summed E-state index contributed by atoms with van der Waals surface area (Å²) in [4.78, 5) is 12.9. The zero-order valence-corrected chi connectivity index (χ0v) is 20.2. The van der Waals surface area contributed by atoms with Crippen molar-refractivity contribution in [2.24, 2.45) is 5.92 Å². The van der Waals surface area contributed by atoms with Crippen molar-refractivity contribution in [2.75, 3.05) is 5.32 Å². The number of pyridine rings is 1. The molecule has 1 aliphatic rings. The number of benzene rings is 1. The minimum absolute atomic E-state index is 0.637. The van der Waals surface area contributed by atoms with Gasteiger partial charge in [0.05, 0.1) is 28.5 Å². The third-order valence-corrected chi connectivity index (χ3v) is 6.61. The van der Waals surface area contributed by atoms with E-state index in [1.165, 1.54) is 12.8 Å². The number of rotatable bonds is 7. The predicted octanol–water partition coefficient (Wildman–Crippen LogP) is 5.44. The number of aryl methyl sites for hydroxylation is 2. The van der Waals surface area contributed by atoms with E-state index < -0.39 is 6.10 Å². The Labute approximate surface area is 203 Å². The summed E-state index contributed by atoms with van der Waals surface area (Å²) in [5, 5.41) is 18.6. The highest BCUT2D eigenvalue weighted by molar-refractivity contribution is 5.82. The van der Waals surface area contributed by atoms with Crippen molar-refractivity contribution in [1.29, 1.82) is 0 Å². The molecule has 0 spiro atoms. The Morgan fingerprint density at radius 3 is 2.74 bits per heavy atom. The Morgan fingerprint density at radius 1 is 1.14 bits per heavy atom. The minimum Gasteiger partial charge on any atom is -0.389 e. The van der Waals surface area contributed by atoms with Crippen LogP contribution in [0.25, 0.3) is 28.1 Å². The Kier molecular flexibility index (Phi) is 5.18. The number of aromatic nitrogens is 6. The molecule has 6 rings (SSSR count). The fourth-order valence-electron chi connectivity index (χ4n) is 4.56. The summed E-state index contributed by atoms with van der Waals surface area (Å²) >= 11 is 0. The van der Waals surface area contributed by atoms with Gasteiger partial charge in [-0.2, -0.15) is 5.10 Å². The molecule has 1 aliphatic carbocycles. The molecular weight excluding hydrogens is 438 g/mol. The van der Waals surface area contributed by atoms with Gasteiger partial charge in [0.2, 0.25) is 0 Å². The second-order valence-corrected chi connectivity index (χ2v) is 9.57. The summed E-state index contributed by atoms with van der Waals surface area (Å²) in [5.74, 6) is 2.43. The molecule has 1 fully saturated rings. The normalized spacial score (nSPS) is 14.5. The van der Waals surface area contributed by atoms with Crippen LogP contribution in [0, 0.1) is 19.8 Å². The number of hydrogen-bond acceptors (Lipinski definition) is 5. The van der Waals surface area contributed by atoms with Crippen molar-refractivity contribution in [1.82, 2.24) is 29.3 Å². The van der Waals surface area contributed by atoms with Crippen LogP contribution in [0.15, 0.2) is 55.0 Å². The van der Waals surface area contributed by atoms with E-state index in [-0.39, 0.29) is 0 Å². The molecule has 35 heavy (non-hydrogen) atoms. The van der Waals surface area contributed by atoms with Crippen LogP contribution in [-0.2, 0) is 6.54 Å². The summed E-state index contributed by atoms with van der Waals surface area (Å²) in [5.41, 5.74) is 7.33. The highest BCUT2D eigenvalue weighted by Crippen LogP contribution is 2.34. The number of anilines is 2. The molecule has 0 aliphatic heterocycles. The maximum atomic E-state index is 10.5. The van der Waals surface area contributed by atoms with Crippen LogP contribution in [0.1, 0.15) is 42.8 Å². The van der Waals surface area contributed by atoms with Crippen LogP contribution in [0.2, 0.25) is 0 Å². The van der Waals surface area contributed by atoms with Gasteiger partial charge in [-0.1, -0.05) is 6.07 Å². The van der Waals surface area contributed by atoms with Crippen molar-refractivity contribution < 1.29 is 5.11 Å². The van der Waals surface area contributed by atoms with Crippen molar-refractivity contribution in [3.8, 4) is 17.1 Å². The quantitative estimate of drug-likeness (QED) is 0.296. The number of nitrogens with zero attached hydrogens (tertiary/aromatic N) is 5. The Hall–Kier alpha value is -3.91. The number of imidazole rings is 1. The molecule has 8 heteroatoms. The third kappa shape index (κ3) is 4.21. The van der Waals surface area contributed by atoms with E-state index in [1.54, 1.807) is 13.3 Å². The molecule has 0 bridgehead atoms. The Morgan fingerprint density at radius 2 is 2.00 bits per heavy atom. The summed E-state index contributed by atoms with van der Waals surface area (Å²) in [6.45, 7) is 6.75. The van der Waals surface area contributed by atoms with Crippen LogP contribution in [0.5, 0.6) is 0 Å². The number of aliphatic hydroxyl groups excluding tert-OH is 1. The fourth-order valence-corrected chi connectivity index (χ4v) is 4.56. The molecule has 1 atom stereocenters. The van der Waals surface area contributed by atoms with E-state index in [9.17, 15) is 5.11 Å². The summed E-state index contributed by atoms with van der Waals surface area (Å²) < 4.78 is 4.01. The van der Waals surface area contributed by atoms with Crippen LogP contribution >= 0.6 is 0 Å². The summed E-state index contributed by atoms with van der Waals surface area (Å²) in [7, 11) is 0. The van der Waals surface area contributed by atoms with Crippen molar-refractivity contribution in [3.05, 3.63) is 71.9 Å². The lowest BCUT2D eigenvalue weighted by molar-refractivity contribution is 0.199. The van der Waals surface area contributed by atoms with E-state index in [2.05, 4.69) is 21.5 Å². The first-order valence-electron chi connectivity index (χ1n) is 12.1. The van der Waals surface area contributed by atoms with E-state index in [4.69, 9.17) is 10.1 Å². The minimum atomic E-state index is -0.637. The highest BCUT2D eigenvalue weighted by Gasteiger charge is 2.24. The second kappa shape index (κ2) is 8.39. The summed E-state index contributed by atoms with van der Waals surface area (Å²) in [6.07, 6.45) is 5.78. The standard InChI is InChI=1S/C27H29N7O/c1-16-4-10-25(29-16)30-20-7-9-24-23(12-20)28-15-34(24)26-11-8-21(18(3)35)27(31-26)22-14-33(32-17(22)2)13-19-5-6-19/h4,7-12,14-15,18-19,29-30,35H,5-6,13H2,1-3H3. The second-order valence-electron chi connectivity index (χ2n) is 9.57.